The fraction of sp³-hybridized carbons (Fsp3) is 0.571. The normalized spacial score (nSPS) is 24.6. The molecule has 6 heteroatoms. The summed E-state index contributed by atoms with van der Waals surface area (Å²) in [5.41, 5.74) is 0. The Hall–Kier alpha value is -1.11. The molecule has 1 fully saturated rings. The van der Waals surface area contributed by atoms with Gasteiger partial charge in [0.15, 0.2) is 0 Å². The summed E-state index contributed by atoms with van der Waals surface area (Å²) >= 11 is 0. The highest BCUT2D eigenvalue weighted by Crippen LogP contribution is 2.25. The first-order chi connectivity index (χ1) is 9.45. The molecule has 2 rings (SSSR count). The number of aliphatic hydroxyl groups excluding tert-OH is 1. The summed E-state index contributed by atoms with van der Waals surface area (Å²) in [6.07, 6.45) is 0.0819. The van der Waals surface area contributed by atoms with Crippen LogP contribution in [0.15, 0.2) is 29.2 Å². The molecule has 1 saturated heterocycles. The van der Waals surface area contributed by atoms with E-state index in [0.717, 1.165) is 0 Å². The van der Waals surface area contributed by atoms with Crippen molar-refractivity contribution < 1.29 is 18.3 Å². The van der Waals surface area contributed by atoms with Gasteiger partial charge in [-0.15, -0.1) is 0 Å². The average molecular weight is 299 g/mol. The van der Waals surface area contributed by atoms with Crippen LogP contribution in [0.25, 0.3) is 0 Å². The van der Waals surface area contributed by atoms with E-state index in [2.05, 4.69) is 0 Å². The van der Waals surface area contributed by atoms with Gasteiger partial charge in [-0.25, -0.2) is 8.42 Å². The lowest BCUT2D eigenvalue weighted by atomic mass is 9.98. The number of rotatable bonds is 4. The van der Waals surface area contributed by atoms with E-state index in [4.69, 9.17) is 4.74 Å². The molecular weight excluding hydrogens is 278 g/mol. The molecule has 0 radical (unpaired) electrons. The lowest BCUT2D eigenvalue weighted by molar-refractivity contribution is 0.0605. The van der Waals surface area contributed by atoms with Crippen molar-refractivity contribution >= 4 is 10.0 Å². The van der Waals surface area contributed by atoms with E-state index in [1.54, 1.807) is 24.3 Å². The van der Waals surface area contributed by atoms with Crippen LogP contribution in [0.5, 0.6) is 5.75 Å². The molecule has 1 aromatic carbocycles. The van der Waals surface area contributed by atoms with Gasteiger partial charge >= 0.3 is 0 Å². The Balaban J connectivity index is 2.17. The van der Waals surface area contributed by atoms with Crippen molar-refractivity contribution in [3.8, 4) is 5.75 Å². The van der Waals surface area contributed by atoms with E-state index in [0.29, 0.717) is 25.3 Å². The summed E-state index contributed by atoms with van der Waals surface area (Å²) in [5, 5.41) is 9.85. The summed E-state index contributed by atoms with van der Waals surface area (Å²) in [6.45, 7) is 4.97. The number of aliphatic hydroxyl groups is 1. The number of hydrogen-bond acceptors (Lipinski definition) is 4. The topological polar surface area (TPSA) is 66.8 Å². The van der Waals surface area contributed by atoms with Gasteiger partial charge in [-0.2, -0.15) is 4.31 Å². The first kappa shape index (κ1) is 15.3. The van der Waals surface area contributed by atoms with Crippen LogP contribution >= 0.6 is 0 Å². The lowest BCUT2D eigenvalue weighted by Gasteiger charge is -2.33. The summed E-state index contributed by atoms with van der Waals surface area (Å²) in [4.78, 5) is 0.239. The molecule has 1 heterocycles. The van der Waals surface area contributed by atoms with Crippen molar-refractivity contribution in [2.75, 3.05) is 19.7 Å². The van der Waals surface area contributed by atoms with Crippen LogP contribution in [-0.2, 0) is 10.0 Å². The molecule has 0 amide bonds. The highest BCUT2D eigenvalue weighted by Gasteiger charge is 2.32. The molecule has 1 aliphatic heterocycles. The molecule has 0 bridgehead atoms. The zero-order valence-corrected chi connectivity index (χ0v) is 12.6. The molecule has 0 saturated carbocycles. The van der Waals surface area contributed by atoms with Crippen LogP contribution < -0.4 is 4.74 Å². The average Bonchev–Trinajstić information content (AvgIpc) is 2.43. The monoisotopic (exact) mass is 299 g/mol. The Kier molecular flexibility index (Phi) is 4.67. The summed E-state index contributed by atoms with van der Waals surface area (Å²) < 4.78 is 31.6. The van der Waals surface area contributed by atoms with Gasteiger partial charge in [0.2, 0.25) is 10.0 Å². The second kappa shape index (κ2) is 6.11. The van der Waals surface area contributed by atoms with E-state index < -0.39 is 16.1 Å². The number of sulfonamides is 1. The number of β-amino-alcohol motifs (C(OH)–C–C–N with tert-alkyl or cyclic N) is 1. The van der Waals surface area contributed by atoms with Crippen molar-refractivity contribution in [2.45, 2.75) is 31.3 Å². The molecular formula is C14H21NO4S. The minimum absolute atomic E-state index is 0.141. The molecule has 112 valence electrons. The largest absolute Gasteiger partial charge is 0.494 e. The fourth-order valence-electron chi connectivity index (χ4n) is 2.26. The highest BCUT2D eigenvalue weighted by atomic mass is 32.2. The van der Waals surface area contributed by atoms with Crippen LogP contribution in [0.4, 0.5) is 0 Å². The molecule has 0 aromatic heterocycles. The molecule has 5 nitrogen and oxygen atoms in total. The van der Waals surface area contributed by atoms with Crippen molar-refractivity contribution in [2.24, 2.45) is 5.92 Å². The number of nitrogens with zero attached hydrogens (tertiary/aromatic N) is 1. The molecule has 20 heavy (non-hydrogen) atoms. The maximum Gasteiger partial charge on any atom is 0.243 e. The summed E-state index contributed by atoms with van der Waals surface area (Å²) in [5.74, 6) is 0.792. The Morgan fingerprint density at radius 2 is 2.00 bits per heavy atom. The van der Waals surface area contributed by atoms with Crippen LogP contribution in [0.2, 0.25) is 0 Å². The van der Waals surface area contributed by atoms with Crippen LogP contribution in [0.1, 0.15) is 20.3 Å². The van der Waals surface area contributed by atoms with Crippen molar-refractivity contribution in [1.82, 2.24) is 4.31 Å². The zero-order chi connectivity index (χ0) is 14.8. The maximum absolute atomic E-state index is 12.5. The third kappa shape index (κ3) is 3.13. The van der Waals surface area contributed by atoms with Crippen LogP contribution in [0.3, 0.4) is 0 Å². The number of benzene rings is 1. The maximum atomic E-state index is 12.5. The van der Waals surface area contributed by atoms with E-state index >= 15 is 0 Å². The number of piperidine rings is 1. The van der Waals surface area contributed by atoms with E-state index in [1.807, 2.05) is 13.8 Å². The van der Waals surface area contributed by atoms with Gasteiger partial charge in [-0.3, -0.25) is 0 Å². The van der Waals surface area contributed by atoms with Gasteiger partial charge in [0.05, 0.1) is 17.6 Å². The van der Waals surface area contributed by atoms with E-state index in [-0.39, 0.29) is 17.4 Å². The molecule has 1 aliphatic rings. The number of hydrogen-bond donors (Lipinski definition) is 1. The standard InChI is InChI=1S/C14H21NO4S/c1-3-19-12-4-6-13(7-5-12)20(17,18)15-9-8-11(2)14(16)10-15/h4-7,11,14,16H,3,8-10H2,1-2H3. The van der Waals surface area contributed by atoms with Gasteiger partial charge in [0.1, 0.15) is 5.75 Å². The molecule has 2 atom stereocenters. The minimum atomic E-state index is -3.53. The van der Waals surface area contributed by atoms with Gasteiger partial charge in [-0.05, 0) is 43.5 Å². The molecule has 1 N–H and O–H groups in total. The van der Waals surface area contributed by atoms with Crippen LogP contribution in [-0.4, -0.2) is 43.6 Å². The third-order valence-electron chi connectivity index (χ3n) is 3.65. The smallest absolute Gasteiger partial charge is 0.243 e. The highest BCUT2D eigenvalue weighted by molar-refractivity contribution is 7.89. The second-order valence-corrected chi connectivity index (χ2v) is 7.04. The Bertz CT molecular complexity index is 541. The third-order valence-corrected chi connectivity index (χ3v) is 5.53. The van der Waals surface area contributed by atoms with Crippen molar-refractivity contribution in [3.63, 3.8) is 0 Å². The Labute approximate surface area is 120 Å². The van der Waals surface area contributed by atoms with Gasteiger partial charge in [0.25, 0.3) is 0 Å². The molecule has 2 unspecified atom stereocenters. The number of ether oxygens (including phenoxy) is 1. The first-order valence-corrected chi connectivity index (χ1v) is 8.30. The van der Waals surface area contributed by atoms with Crippen LogP contribution in [0, 0.1) is 5.92 Å². The Morgan fingerprint density at radius 3 is 2.55 bits per heavy atom. The van der Waals surface area contributed by atoms with Gasteiger partial charge in [-0.1, -0.05) is 6.92 Å². The lowest BCUT2D eigenvalue weighted by Crippen LogP contribution is -2.45. The zero-order valence-electron chi connectivity index (χ0n) is 11.8. The summed E-state index contributed by atoms with van der Waals surface area (Å²) in [6, 6.07) is 6.40. The summed E-state index contributed by atoms with van der Waals surface area (Å²) in [7, 11) is -3.53. The molecule has 1 aromatic rings. The van der Waals surface area contributed by atoms with Crippen molar-refractivity contribution in [3.05, 3.63) is 24.3 Å². The van der Waals surface area contributed by atoms with Crippen molar-refractivity contribution in [1.29, 1.82) is 0 Å². The van der Waals surface area contributed by atoms with Gasteiger partial charge in [0, 0.05) is 13.1 Å². The predicted molar refractivity (Wildman–Crippen MR) is 76.2 cm³/mol. The second-order valence-electron chi connectivity index (χ2n) is 5.10. The first-order valence-electron chi connectivity index (χ1n) is 6.86. The van der Waals surface area contributed by atoms with E-state index in [1.165, 1.54) is 4.31 Å². The predicted octanol–water partition coefficient (Wildman–Crippen LogP) is 1.48. The van der Waals surface area contributed by atoms with E-state index in [9.17, 15) is 13.5 Å². The SMILES string of the molecule is CCOc1ccc(S(=O)(=O)N2CCC(C)C(O)C2)cc1. The quantitative estimate of drug-likeness (QED) is 0.914. The minimum Gasteiger partial charge on any atom is -0.494 e. The fourth-order valence-corrected chi connectivity index (χ4v) is 3.73. The Morgan fingerprint density at radius 1 is 1.35 bits per heavy atom. The molecule has 0 aliphatic carbocycles. The molecule has 0 spiro atoms. The van der Waals surface area contributed by atoms with Gasteiger partial charge < -0.3 is 9.84 Å².